The predicted molar refractivity (Wildman–Crippen MR) is 119 cm³/mol. The standard InChI is InChI=1S/C22H31N3O6S/c1-5-6-14-30-19-9-8-18(15-20(19)29-4)22(26)24-10-7-11-25(13-12-24)32(27,28)21-16(2)23-31-17(21)3/h8-9,15H,5-7,10-14H2,1-4H3. The molecule has 0 saturated carbocycles. The summed E-state index contributed by atoms with van der Waals surface area (Å²) in [6.07, 6.45) is 2.49. The van der Waals surface area contributed by atoms with E-state index in [1.807, 2.05) is 0 Å². The number of hydrogen-bond donors (Lipinski definition) is 0. The van der Waals surface area contributed by atoms with E-state index in [-0.39, 0.29) is 23.1 Å². The van der Waals surface area contributed by atoms with Gasteiger partial charge >= 0.3 is 0 Å². The van der Waals surface area contributed by atoms with Crippen LogP contribution in [0.25, 0.3) is 0 Å². The van der Waals surface area contributed by atoms with E-state index in [1.165, 1.54) is 4.31 Å². The van der Waals surface area contributed by atoms with Gasteiger partial charge in [-0.3, -0.25) is 4.79 Å². The van der Waals surface area contributed by atoms with Crippen LogP contribution < -0.4 is 9.47 Å². The van der Waals surface area contributed by atoms with Gasteiger partial charge in [0.2, 0.25) is 10.0 Å². The van der Waals surface area contributed by atoms with Gasteiger partial charge in [-0.1, -0.05) is 18.5 Å². The van der Waals surface area contributed by atoms with E-state index in [4.69, 9.17) is 14.0 Å². The van der Waals surface area contributed by atoms with Crippen molar-refractivity contribution in [3.63, 3.8) is 0 Å². The number of benzene rings is 1. The number of ether oxygens (including phenoxy) is 2. The molecule has 1 aliphatic rings. The van der Waals surface area contributed by atoms with Crippen molar-refractivity contribution in [1.29, 1.82) is 0 Å². The Balaban J connectivity index is 1.72. The number of rotatable bonds is 8. The van der Waals surface area contributed by atoms with Gasteiger partial charge in [-0.05, 0) is 44.9 Å². The second-order valence-electron chi connectivity index (χ2n) is 7.77. The number of unbranched alkanes of at least 4 members (excludes halogenated alkanes) is 1. The predicted octanol–water partition coefficient (Wildman–Crippen LogP) is 3.02. The fourth-order valence-electron chi connectivity index (χ4n) is 3.74. The summed E-state index contributed by atoms with van der Waals surface area (Å²) in [5, 5.41) is 3.76. The van der Waals surface area contributed by atoms with Crippen LogP contribution in [0.15, 0.2) is 27.6 Å². The fraction of sp³-hybridized carbons (Fsp3) is 0.545. The molecule has 9 nitrogen and oxygen atoms in total. The third kappa shape index (κ3) is 5.07. The largest absolute Gasteiger partial charge is 0.493 e. The van der Waals surface area contributed by atoms with E-state index < -0.39 is 10.0 Å². The van der Waals surface area contributed by atoms with Crippen molar-refractivity contribution in [1.82, 2.24) is 14.4 Å². The second kappa shape index (κ2) is 10.4. The van der Waals surface area contributed by atoms with Crippen LogP contribution in [0.3, 0.4) is 0 Å². The summed E-state index contributed by atoms with van der Waals surface area (Å²) in [6, 6.07) is 5.13. The maximum absolute atomic E-state index is 13.1. The van der Waals surface area contributed by atoms with Gasteiger partial charge < -0.3 is 18.9 Å². The van der Waals surface area contributed by atoms with Crippen LogP contribution in [0.5, 0.6) is 11.5 Å². The van der Waals surface area contributed by atoms with Gasteiger partial charge in [0.05, 0.1) is 13.7 Å². The average molecular weight is 466 g/mol. The Morgan fingerprint density at radius 3 is 2.59 bits per heavy atom. The van der Waals surface area contributed by atoms with Crippen molar-refractivity contribution in [2.75, 3.05) is 39.9 Å². The Morgan fingerprint density at radius 2 is 1.94 bits per heavy atom. The van der Waals surface area contributed by atoms with Crippen LogP contribution in [-0.4, -0.2) is 68.6 Å². The molecule has 1 saturated heterocycles. The quantitative estimate of drug-likeness (QED) is 0.552. The first-order valence-electron chi connectivity index (χ1n) is 10.8. The molecule has 0 unspecified atom stereocenters. The number of nitrogens with zero attached hydrogens (tertiary/aromatic N) is 3. The number of sulfonamides is 1. The molecule has 0 radical (unpaired) electrons. The molecule has 3 rings (SSSR count). The molecule has 1 aliphatic heterocycles. The molecule has 176 valence electrons. The van der Waals surface area contributed by atoms with Crippen LogP contribution in [0.4, 0.5) is 0 Å². The van der Waals surface area contributed by atoms with Crippen molar-refractivity contribution >= 4 is 15.9 Å². The minimum Gasteiger partial charge on any atom is -0.493 e. The number of aromatic nitrogens is 1. The first kappa shape index (κ1) is 24.1. The van der Waals surface area contributed by atoms with Crippen molar-refractivity contribution < 1.29 is 27.2 Å². The average Bonchev–Trinajstić information content (AvgIpc) is 2.97. The van der Waals surface area contributed by atoms with Gasteiger partial charge in [-0.2, -0.15) is 4.31 Å². The normalized spacial score (nSPS) is 15.4. The van der Waals surface area contributed by atoms with Crippen LogP contribution in [0.1, 0.15) is 48.0 Å². The number of carbonyl (C=O) groups is 1. The Morgan fingerprint density at radius 1 is 1.16 bits per heavy atom. The molecule has 2 aromatic rings. The summed E-state index contributed by atoms with van der Waals surface area (Å²) in [7, 11) is -2.20. The van der Waals surface area contributed by atoms with E-state index in [1.54, 1.807) is 44.1 Å². The van der Waals surface area contributed by atoms with E-state index >= 15 is 0 Å². The zero-order chi connectivity index (χ0) is 23.3. The lowest BCUT2D eigenvalue weighted by atomic mass is 10.1. The topological polar surface area (TPSA) is 102 Å². The van der Waals surface area contributed by atoms with E-state index in [2.05, 4.69) is 12.1 Å². The highest BCUT2D eigenvalue weighted by atomic mass is 32.2. The van der Waals surface area contributed by atoms with Crippen LogP contribution in [0.2, 0.25) is 0 Å². The highest BCUT2D eigenvalue weighted by Crippen LogP contribution is 2.29. The molecular weight excluding hydrogens is 434 g/mol. The third-order valence-corrected chi connectivity index (χ3v) is 7.62. The molecule has 2 heterocycles. The Bertz CT molecular complexity index is 1030. The van der Waals surface area contributed by atoms with Crippen LogP contribution in [-0.2, 0) is 10.0 Å². The molecule has 10 heteroatoms. The smallest absolute Gasteiger partial charge is 0.254 e. The molecular formula is C22H31N3O6S. The van der Waals surface area contributed by atoms with Crippen molar-refractivity contribution in [2.24, 2.45) is 0 Å². The van der Waals surface area contributed by atoms with Crippen LogP contribution >= 0.6 is 0 Å². The van der Waals surface area contributed by atoms with Crippen molar-refractivity contribution in [3.05, 3.63) is 35.2 Å². The summed E-state index contributed by atoms with van der Waals surface area (Å²) >= 11 is 0. The summed E-state index contributed by atoms with van der Waals surface area (Å²) < 4.78 is 43.8. The molecule has 0 aliphatic carbocycles. The maximum atomic E-state index is 13.1. The molecule has 1 aromatic heterocycles. The number of amides is 1. The van der Waals surface area contributed by atoms with Gasteiger partial charge in [-0.15, -0.1) is 0 Å². The molecule has 1 amide bonds. The SMILES string of the molecule is CCCCOc1ccc(C(=O)N2CCCN(S(=O)(=O)c3c(C)noc3C)CC2)cc1OC. The van der Waals surface area contributed by atoms with E-state index in [0.717, 1.165) is 12.8 Å². The minimum atomic E-state index is -3.74. The van der Waals surface area contributed by atoms with E-state index in [0.29, 0.717) is 55.4 Å². The molecule has 1 aromatic carbocycles. The molecule has 0 atom stereocenters. The van der Waals surface area contributed by atoms with Gasteiger partial charge in [0.15, 0.2) is 17.3 Å². The molecule has 32 heavy (non-hydrogen) atoms. The second-order valence-corrected chi connectivity index (χ2v) is 9.65. The van der Waals surface area contributed by atoms with Crippen LogP contribution in [0, 0.1) is 13.8 Å². The summed E-state index contributed by atoms with van der Waals surface area (Å²) in [5.41, 5.74) is 0.819. The maximum Gasteiger partial charge on any atom is 0.254 e. The summed E-state index contributed by atoms with van der Waals surface area (Å²) in [4.78, 5) is 14.9. The monoisotopic (exact) mass is 465 g/mol. The summed E-state index contributed by atoms with van der Waals surface area (Å²) in [5.74, 6) is 1.21. The number of hydrogen-bond acceptors (Lipinski definition) is 7. The Labute approximate surface area is 189 Å². The van der Waals surface area contributed by atoms with Gasteiger partial charge in [0.1, 0.15) is 10.6 Å². The molecule has 0 bridgehead atoms. The number of methoxy groups -OCH3 is 1. The summed E-state index contributed by atoms with van der Waals surface area (Å²) in [6.45, 7) is 7.15. The molecule has 1 fully saturated rings. The highest BCUT2D eigenvalue weighted by Gasteiger charge is 2.33. The minimum absolute atomic E-state index is 0.112. The van der Waals surface area contributed by atoms with E-state index in [9.17, 15) is 13.2 Å². The lowest BCUT2D eigenvalue weighted by molar-refractivity contribution is 0.0763. The van der Waals surface area contributed by atoms with Crippen molar-refractivity contribution in [2.45, 2.75) is 44.9 Å². The lowest BCUT2D eigenvalue weighted by Gasteiger charge is -2.22. The lowest BCUT2D eigenvalue weighted by Crippen LogP contribution is -2.37. The highest BCUT2D eigenvalue weighted by molar-refractivity contribution is 7.89. The third-order valence-electron chi connectivity index (χ3n) is 5.47. The van der Waals surface area contributed by atoms with Crippen molar-refractivity contribution in [3.8, 4) is 11.5 Å². The number of aryl methyl sites for hydroxylation is 2. The first-order valence-corrected chi connectivity index (χ1v) is 12.3. The zero-order valence-electron chi connectivity index (χ0n) is 19.1. The fourth-order valence-corrected chi connectivity index (χ4v) is 5.50. The first-order chi connectivity index (χ1) is 15.3. The van der Waals surface area contributed by atoms with Gasteiger partial charge in [-0.25, -0.2) is 8.42 Å². The number of carbonyl (C=O) groups excluding carboxylic acids is 1. The Hall–Kier alpha value is -2.59. The zero-order valence-corrected chi connectivity index (χ0v) is 19.9. The molecule has 0 N–H and O–H groups in total. The van der Waals surface area contributed by atoms with Gasteiger partial charge in [0, 0.05) is 31.7 Å². The Kier molecular flexibility index (Phi) is 7.78. The van der Waals surface area contributed by atoms with Gasteiger partial charge in [0.25, 0.3) is 5.91 Å². The molecule has 0 spiro atoms.